The maximum Gasteiger partial charge on any atom is 0.416 e. The number of alkyl halides is 5. The second-order valence-corrected chi connectivity index (χ2v) is 6.17. The third kappa shape index (κ3) is 3.21. The van der Waals surface area contributed by atoms with Crippen molar-refractivity contribution in [3.8, 4) is 5.75 Å². The standard InChI is InChI=1S/C17H16F5NO2/c18-9-16(10-19)8-13(23-6-2-1-3-15(23)24)12-7-11(17(20,21)22)4-5-14(12)25-16/h4-5,7-8H,1-3,6,9-10H2. The number of hydrogen-bond donors (Lipinski definition) is 0. The number of carbonyl (C=O) groups excluding carboxylic acids is 1. The largest absolute Gasteiger partial charge is 0.477 e. The van der Waals surface area contributed by atoms with Crippen LogP contribution in [0.1, 0.15) is 30.4 Å². The Balaban J connectivity index is 2.14. The zero-order valence-electron chi connectivity index (χ0n) is 13.2. The molecule has 0 saturated carbocycles. The molecule has 0 spiro atoms. The van der Waals surface area contributed by atoms with Crippen molar-refractivity contribution in [2.75, 3.05) is 19.9 Å². The Labute approximate surface area is 141 Å². The Morgan fingerprint density at radius 1 is 1.16 bits per heavy atom. The van der Waals surface area contributed by atoms with Crippen LogP contribution in [0.4, 0.5) is 22.0 Å². The Kier molecular flexibility index (Phi) is 4.47. The lowest BCUT2D eigenvalue weighted by Gasteiger charge is -2.38. The molecule has 3 rings (SSSR count). The van der Waals surface area contributed by atoms with Crippen LogP contribution in [0.5, 0.6) is 5.75 Å². The number of rotatable bonds is 3. The maximum absolute atomic E-state index is 13.4. The van der Waals surface area contributed by atoms with Crippen LogP contribution in [0.2, 0.25) is 0 Å². The number of fused-ring (bicyclic) bond motifs is 1. The molecule has 0 bridgehead atoms. The van der Waals surface area contributed by atoms with E-state index in [9.17, 15) is 26.7 Å². The first-order valence-electron chi connectivity index (χ1n) is 7.85. The fourth-order valence-corrected chi connectivity index (χ4v) is 3.02. The summed E-state index contributed by atoms with van der Waals surface area (Å²) in [6.07, 6.45) is -1.91. The van der Waals surface area contributed by atoms with Crippen LogP contribution < -0.4 is 4.74 Å². The van der Waals surface area contributed by atoms with Crippen molar-refractivity contribution >= 4 is 11.6 Å². The Hall–Kier alpha value is -2.12. The lowest BCUT2D eigenvalue weighted by Crippen LogP contribution is -2.44. The van der Waals surface area contributed by atoms with Crippen LogP contribution in [0.15, 0.2) is 24.3 Å². The van der Waals surface area contributed by atoms with Crippen molar-refractivity contribution in [3.63, 3.8) is 0 Å². The van der Waals surface area contributed by atoms with E-state index in [-0.39, 0.29) is 35.9 Å². The van der Waals surface area contributed by atoms with Crippen LogP contribution in [0.25, 0.3) is 5.70 Å². The van der Waals surface area contributed by atoms with Gasteiger partial charge in [-0.25, -0.2) is 8.78 Å². The van der Waals surface area contributed by atoms with E-state index in [0.717, 1.165) is 24.3 Å². The summed E-state index contributed by atoms with van der Waals surface area (Å²) in [5.74, 6) is -0.353. The minimum absolute atomic E-state index is 0.0163. The fraction of sp³-hybridized carbons (Fsp3) is 0.471. The molecule has 0 aromatic heterocycles. The average molecular weight is 361 g/mol. The van der Waals surface area contributed by atoms with Crippen LogP contribution in [0, 0.1) is 0 Å². The fourth-order valence-electron chi connectivity index (χ4n) is 3.02. The van der Waals surface area contributed by atoms with Crippen LogP contribution >= 0.6 is 0 Å². The van der Waals surface area contributed by atoms with E-state index in [1.807, 2.05) is 0 Å². The van der Waals surface area contributed by atoms with E-state index in [2.05, 4.69) is 0 Å². The van der Waals surface area contributed by atoms with Crippen molar-refractivity contribution in [1.29, 1.82) is 0 Å². The van der Waals surface area contributed by atoms with Gasteiger partial charge in [-0.15, -0.1) is 0 Å². The van der Waals surface area contributed by atoms with Gasteiger partial charge in [-0.3, -0.25) is 4.79 Å². The highest BCUT2D eigenvalue weighted by Crippen LogP contribution is 2.42. The van der Waals surface area contributed by atoms with E-state index in [0.29, 0.717) is 12.8 Å². The molecule has 0 unspecified atom stereocenters. The SMILES string of the molecule is O=C1CCCCN1C1=CC(CF)(CF)Oc2ccc(C(F)(F)F)cc21. The van der Waals surface area contributed by atoms with Gasteiger partial charge >= 0.3 is 6.18 Å². The highest BCUT2D eigenvalue weighted by Gasteiger charge is 2.40. The molecule has 0 atom stereocenters. The first-order valence-corrected chi connectivity index (χ1v) is 7.85. The number of amides is 1. The molecule has 0 radical (unpaired) electrons. The number of ether oxygens (including phenoxy) is 1. The first kappa shape index (κ1) is 17.7. The molecule has 1 aromatic carbocycles. The minimum atomic E-state index is -4.58. The number of carbonyl (C=O) groups is 1. The maximum atomic E-state index is 13.4. The summed E-state index contributed by atoms with van der Waals surface area (Å²) in [6.45, 7) is -2.11. The number of piperidine rings is 1. The molecule has 25 heavy (non-hydrogen) atoms. The molecule has 1 saturated heterocycles. The molecular formula is C17H16F5NO2. The lowest BCUT2D eigenvalue weighted by molar-refractivity contribution is -0.137. The third-order valence-corrected chi connectivity index (χ3v) is 4.36. The highest BCUT2D eigenvalue weighted by atomic mass is 19.4. The molecule has 1 amide bonds. The molecule has 0 N–H and O–H groups in total. The molecule has 136 valence electrons. The predicted molar refractivity (Wildman–Crippen MR) is 80.3 cm³/mol. The Bertz CT molecular complexity index is 709. The van der Waals surface area contributed by atoms with Gasteiger partial charge in [0.05, 0.1) is 11.3 Å². The van der Waals surface area contributed by atoms with E-state index in [1.165, 1.54) is 4.90 Å². The van der Waals surface area contributed by atoms with Crippen molar-refractivity contribution in [2.45, 2.75) is 31.0 Å². The molecule has 8 heteroatoms. The van der Waals surface area contributed by atoms with Crippen molar-refractivity contribution in [3.05, 3.63) is 35.4 Å². The van der Waals surface area contributed by atoms with E-state index < -0.39 is 30.7 Å². The summed E-state index contributed by atoms with van der Waals surface area (Å²) in [7, 11) is 0. The van der Waals surface area contributed by atoms with Crippen molar-refractivity contribution < 1.29 is 31.5 Å². The monoisotopic (exact) mass is 361 g/mol. The number of benzene rings is 1. The molecular weight excluding hydrogens is 345 g/mol. The number of hydrogen-bond acceptors (Lipinski definition) is 2. The Morgan fingerprint density at radius 2 is 1.88 bits per heavy atom. The second kappa shape index (κ2) is 6.31. The quantitative estimate of drug-likeness (QED) is 0.758. The van der Waals surface area contributed by atoms with Gasteiger partial charge in [0.2, 0.25) is 5.91 Å². The molecule has 3 nitrogen and oxygen atoms in total. The van der Waals surface area contributed by atoms with Crippen LogP contribution in [-0.2, 0) is 11.0 Å². The molecule has 2 aliphatic heterocycles. The van der Waals surface area contributed by atoms with Crippen LogP contribution in [0.3, 0.4) is 0 Å². The first-order chi connectivity index (χ1) is 11.8. The third-order valence-electron chi connectivity index (χ3n) is 4.36. The van der Waals surface area contributed by atoms with Gasteiger partial charge < -0.3 is 9.64 Å². The Morgan fingerprint density at radius 3 is 2.48 bits per heavy atom. The van der Waals surface area contributed by atoms with E-state index >= 15 is 0 Å². The normalized spacial score (nSPS) is 20.0. The van der Waals surface area contributed by atoms with Gasteiger partial charge in [0.1, 0.15) is 19.1 Å². The highest BCUT2D eigenvalue weighted by molar-refractivity contribution is 5.89. The number of likely N-dealkylation sites (tertiary alicyclic amines) is 1. The summed E-state index contributed by atoms with van der Waals surface area (Å²) in [5.41, 5.74) is -2.76. The molecule has 0 aliphatic carbocycles. The van der Waals surface area contributed by atoms with Gasteiger partial charge in [0.15, 0.2) is 5.60 Å². The van der Waals surface area contributed by atoms with Gasteiger partial charge in [-0.2, -0.15) is 13.2 Å². The molecule has 1 fully saturated rings. The topological polar surface area (TPSA) is 29.5 Å². The van der Waals surface area contributed by atoms with Gasteiger partial charge in [-0.1, -0.05) is 0 Å². The zero-order valence-corrected chi connectivity index (χ0v) is 13.2. The van der Waals surface area contributed by atoms with Crippen LogP contribution in [-0.4, -0.2) is 36.3 Å². The summed E-state index contributed by atoms with van der Waals surface area (Å²) in [4.78, 5) is 13.5. The summed E-state index contributed by atoms with van der Waals surface area (Å²) < 4.78 is 71.3. The number of halogens is 5. The van der Waals surface area contributed by atoms with Gasteiger partial charge in [0, 0.05) is 18.5 Å². The summed E-state index contributed by atoms with van der Waals surface area (Å²) >= 11 is 0. The average Bonchev–Trinajstić information content (AvgIpc) is 2.60. The van der Waals surface area contributed by atoms with Crippen molar-refractivity contribution in [2.24, 2.45) is 0 Å². The molecule has 2 aliphatic rings. The lowest BCUT2D eigenvalue weighted by atomic mass is 9.94. The summed E-state index contributed by atoms with van der Waals surface area (Å²) in [5, 5.41) is 0. The van der Waals surface area contributed by atoms with Gasteiger partial charge in [-0.05, 0) is 37.1 Å². The smallest absolute Gasteiger partial charge is 0.416 e. The van der Waals surface area contributed by atoms with Gasteiger partial charge in [0.25, 0.3) is 0 Å². The van der Waals surface area contributed by atoms with Crippen molar-refractivity contribution in [1.82, 2.24) is 4.90 Å². The summed E-state index contributed by atoms with van der Waals surface area (Å²) in [6, 6.07) is 2.68. The molecule has 2 heterocycles. The zero-order chi connectivity index (χ0) is 18.2. The van der Waals surface area contributed by atoms with E-state index in [1.54, 1.807) is 0 Å². The predicted octanol–water partition coefficient (Wildman–Crippen LogP) is 4.13. The second-order valence-electron chi connectivity index (χ2n) is 6.17. The number of nitrogens with zero attached hydrogens (tertiary/aromatic N) is 1. The van der Waals surface area contributed by atoms with E-state index in [4.69, 9.17) is 4.74 Å². The molecule has 1 aromatic rings. The minimum Gasteiger partial charge on any atom is -0.477 e.